The Bertz CT molecular complexity index is 950. The third-order valence-electron chi connectivity index (χ3n) is 4.11. The molecule has 1 N–H and O–H groups in total. The topological polar surface area (TPSA) is 64.0 Å². The Kier molecular flexibility index (Phi) is 6.11. The molecule has 1 amide bonds. The van der Waals surface area contributed by atoms with Crippen molar-refractivity contribution < 1.29 is 4.79 Å². The van der Waals surface area contributed by atoms with E-state index in [0.29, 0.717) is 15.4 Å². The van der Waals surface area contributed by atoms with Gasteiger partial charge in [-0.05, 0) is 23.4 Å². The van der Waals surface area contributed by atoms with Crippen molar-refractivity contribution in [2.75, 3.05) is 5.75 Å². The van der Waals surface area contributed by atoms with Gasteiger partial charge in [-0.2, -0.15) is 0 Å². The predicted molar refractivity (Wildman–Crippen MR) is 108 cm³/mol. The highest BCUT2D eigenvalue weighted by atomic mass is 32.2. The number of aromatic nitrogens is 2. The highest BCUT2D eigenvalue weighted by Gasteiger charge is 2.15. The van der Waals surface area contributed by atoms with Crippen LogP contribution in [0.5, 0.6) is 0 Å². The molecule has 3 rings (SSSR count). The second-order valence-corrected chi connectivity index (χ2v) is 7.84. The first-order chi connectivity index (χ1) is 12.6. The lowest BCUT2D eigenvalue weighted by atomic mass is 10.0. The van der Waals surface area contributed by atoms with Crippen molar-refractivity contribution in [2.45, 2.75) is 31.0 Å². The number of thioether (sulfide) groups is 1. The molecule has 0 fully saturated rings. The van der Waals surface area contributed by atoms with Gasteiger partial charge in [-0.3, -0.25) is 14.2 Å². The molecule has 0 spiro atoms. The van der Waals surface area contributed by atoms with Gasteiger partial charge in [-0.1, -0.05) is 55.4 Å². The summed E-state index contributed by atoms with van der Waals surface area (Å²) in [5, 5.41) is 6.14. The fraction of sp³-hybridized carbons (Fsp3) is 0.316. The molecule has 7 heteroatoms. The number of amides is 1. The van der Waals surface area contributed by atoms with Crippen molar-refractivity contribution in [3.8, 4) is 0 Å². The van der Waals surface area contributed by atoms with Crippen LogP contribution in [0.1, 0.15) is 31.4 Å². The van der Waals surface area contributed by atoms with Crippen LogP contribution in [0.4, 0.5) is 0 Å². The summed E-state index contributed by atoms with van der Waals surface area (Å²) in [4.78, 5) is 30.0. The molecule has 26 heavy (non-hydrogen) atoms. The van der Waals surface area contributed by atoms with Crippen LogP contribution in [0.15, 0.2) is 51.7 Å². The van der Waals surface area contributed by atoms with E-state index in [2.05, 4.69) is 17.2 Å². The monoisotopic (exact) mass is 387 g/mol. The Morgan fingerprint density at radius 2 is 2.08 bits per heavy atom. The van der Waals surface area contributed by atoms with Gasteiger partial charge < -0.3 is 5.32 Å². The van der Waals surface area contributed by atoms with E-state index in [-0.39, 0.29) is 23.3 Å². The van der Waals surface area contributed by atoms with Gasteiger partial charge >= 0.3 is 0 Å². The SMILES string of the molecule is CCCC(NC(=O)CSc1nc2sccc2c(=O)n1C)c1ccccc1. The molecule has 1 unspecified atom stereocenters. The van der Waals surface area contributed by atoms with E-state index in [1.807, 2.05) is 35.7 Å². The molecular weight excluding hydrogens is 366 g/mol. The number of carbonyl (C=O) groups excluding carboxylic acids is 1. The first kappa shape index (κ1) is 18.7. The van der Waals surface area contributed by atoms with Gasteiger partial charge in [0.25, 0.3) is 5.56 Å². The molecule has 0 saturated carbocycles. The summed E-state index contributed by atoms with van der Waals surface area (Å²) in [7, 11) is 1.69. The molecule has 0 radical (unpaired) electrons. The zero-order valence-corrected chi connectivity index (χ0v) is 16.4. The van der Waals surface area contributed by atoms with Crippen LogP contribution in [0.3, 0.4) is 0 Å². The first-order valence-corrected chi connectivity index (χ1v) is 10.4. The van der Waals surface area contributed by atoms with Gasteiger partial charge in [-0.15, -0.1) is 11.3 Å². The van der Waals surface area contributed by atoms with Crippen molar-refractivity contribution >= 4 is 39.2 Å². The normalized spacial score (nSPS) is 12.2. The zero-order valence-electron chi connectivity index (χ0n) is 14.8. The van der Waals surface area contributed by atoms with Crippen LogP contribution in [0.25, 0.3) is 10.2 Å². The van der Waals surface area contributed by atoms with Crippen LogP contribution < -0.4 is 10.9 Å². The van der Waals surface area contributed by atoms with E-state index in [1.165, 1.54) is 27.7 Å². The number of benzene rings is 1. The lowest BCUT2D eigenvalue weighted by Crippen LogP contribution is -2.30. The summed E-state index contributed by atoms with van der Waals surface area (Å²) in [5.41, 5.74) is 1.03. The minimum absolute atomic E-state index is 0.00542. The molecule has 136 valence electrons. The lowest BCUT2D eigenvalue weighted by Gasteiger charge is -2.18. The molecule has 1 atom stereocenters. The summed E-state index contributed by atoms with van der Waals surface area (Å²) in [6, 6.07) is 11.8. The Hall–Kier alpha value is -2.12. The average Bonchev–Trinajstić information content (AvgIpc) is 3.12. The Labute approximate surface area is 160 Å². The lowest BCUT2D eigenvalue weighted by molar-refractivity contribution is -0.119. The Morgan fingerprint density at radius 1 is 1.31 bits per heavy atom. The fourth-order valence-electron chi connectivity index (χ4n) is 2.77. The number of hydrogen-bond donors (Lipinski definition) is 1. The molecule has 3 aromatic rings. The molecule has 0 saturated heterocycles. The van der Waals surface area contributed by atoms with Crippen LogP contribution in [-0.2, 0) is 11.8 Å². The molecule has 1 aromatic carbocycles. The second kappa shape index (κ2) is 8.51. The van der Waals surface area contributed by atoms with Gasteiger partial charge in [0.1, 0.15) is 4.83 Å². The van der Waals surface area contributed by atoms with Gasteiger partial charge in [0.05, 0.1) is 17.2 Å². The first-order valence-electron chi connectivity index (χ1n) is 8.51. The van der Waals surface area contributed by atoms with Crippen molar-refractivity contribution in [1.82, 2.24) is 14.9 Å². The van der Waals surface area contributed by atoms with E-state index < -0.39 is 0 Å². The highest BCUT2D eigenvalue weighted by molar-refractivity contribution is 7.99. The standard InChI is InChI=1S/C19H21N3O2S2/c1-3-7-15(13-8-5-4-6-9-13)20-16(23)12-26-19-21-17-14(10-11-25-17)18(24)22(19)2/h4-6,8-11,15H,3,7,12H2,1-2H3,(H,20,23). The largest absolute Gasteiger partial charge is 0.349 e. The van der Waals surface area contributed by atoms with Crippen molar-refractivity contribution in [3.05, 3.63) is 57.7 Å². The molecule has 2 heterocycles. The number of fused-ring (bicyclic) bond motifs is 1. The third-order valence-corrected chi connectivity index (χ3v) is 5.95. The highest BCUT2D eigenvalue weighted by Crippen LogP contribution is 2.22. The number of nitrogens with zero attached hydrogens (tertiary/aromatic N) is 2. The summed E-state index contributed by atoms with van der Waals surface area (Å²) in [5.74, 6) is 0.169. The molecule has 0 aliphatic rings. The van der Waals surface area contributed by atoms with Crippen LogP contribution >= 0.6 is 23.1 Å². The Balaban J connectivity index is 1.68. The molecule has 2 aromatic heterocycles. The molecule has 5 nitrogen and oxygen atoms in total. The van der Waals surface area contributed by atoms with E-state index in [0.717, 1.165) is 18.4 Å². The zero-order chi connectivity index (χ0) is 18.5. The van der Waals surface area contributed by atoms with E-state index in [4.69, 9.17) is 0 Å². The smallest absolute Gasteiger partial charge is 0.262 e. The van der Waals surface area contributed by atoms with Gasteiger partial charge in [0, 0.05) is 7.05 Å². The minimum Gasteiger partial charge on any atom is -0.349 e. The van der Waals surface area contributed by atoms with Crippen LogP contribution in [0.2, 0.25) is 0 Å². The molecule has 0 aliphatic carbocycles. The molecule has 0 aliphatic heterocycles. The van der Waals surface area contributed by atoms with Crippen molar-refractivity contribution in [2.24, 2.45) is 7.05 Å². The van der Waals surface area contributed by atoms with E-state index >= 15 is 0 Å². The maximum absolute atomic E-state index is 12.4. The number of carbonyl (C=O) groups is 1. The Morgan fingerprint density at radius 3 is 2.81 bits per heavy atom. The maximum Gasteiger partial charge on any atom is 0.262 e. The number of rotatable bonds is 7. The molecular formula is C19H21N3O2S2. The van der Waals surface area contributed by atoms with Gasteiger partial charge in [0.2, 0.25) is 5.91 Å². The quantitative estimate of drug-likeness (QED) is 0.495. The van der Waals surface area contributed by atoms with Crippen LogP contribution in [-0.4, -0.2) is 21.2 Å². The fourth-order valence-corrected chi connectivity index (χ4v) is 4.36. The van der Waals surface area contributed by atoms with Gasteiger partial charge in [0.15, 0.2) is 5.16 Å². The number of hydrogen-bond acceptors (Lipinski definition) is 5. The number of nitrogens with one attached hydrogen (secondary N) is 1. The van der Waals surface area contributed by atoms with E-state index in [1.54, 1.807) is 13.1 Å². The maximum atomic E-state index is 12.4. The summed E-state index contributed by atoms with van der Waals surface area (Å²) < 4.78 is 1.51. The second-order valence-electron chi connectivity index (χ2n) is 6.01. The van der Waals surface area contributed by atoms with E-state index in [9.17, 15) is 9.59 Å². The van der Waals surface area contributed by atoms with Crippen molar-refractivity contribution in [1.29, 1.82) is 0 Å². The third kappa shape index (κ3) is 4.16. The van der Waals surface area contributed by atoms with Crippen molar-refractivity contribution in [3.63, 3.8) is 0 Å². The number of thiophene rings is 1. The summed E-state index contributed by atoms with van der Waals surface area (Å²) >= 11 is 2.72. The average molecular weight is 388 g/mol. The van der Waals surface area contributed by atoms with Gasteiger partial charge in [-0.25, -0.2) is 4.98 Å². The summed E-state index contributed by atoms with van der Waals surface area (Å²) in [6.07, 6.45) is 1.87. The minimum atomic E-state index is -0.0766. The predicted octanol–water partition coefficient (Wildman–Crippen LogP) is 3.74. The summed E-state index contributed by atoms with van der Waals surface area (Å²) in [6.45, 7) is 2.10. The van der Waals surface area contributed by atoms with Crippen LogP contribution in [0, 0.1) is 0 Å². The molecule has 0 bridgehead atoms.